The van der Waals surface area contributed by atoms with Gasteiger partial charge in [0.1, 0.15) is 12.2 Å². The molecule has 0 fully saturated rings. The molecule has 1 atom stereocenters. The first kappa shape index (κ1) is 23.1. The summed E-state index contributed by atoms with van der Waals surface area (Å²) in [5, 5.41) is 23.8. The lowest BCUT2D eigenvalue weighted by Crippen LogP contribution is -2.47. The SMILES string of the molecule is CC(C)(C)OC(=O)N[C@@H](CSCCNC(=O)OCc1ccccc1)C(O)O. The number of aliphatic hydroxyl groups excluding tert-OH is 1. The van der Waals surface area contributed by atoms with E-state index >= 15 is 0 Å². The number of benzene rings is 1. The summed E-state index contributed by atoms with van der Waals surface area (Å²) in [6.07, 6.45) is -2.96. The maximum absolute atomic E-state index is 11.7. The average Bonchev–Trinajstić information content (AvgIpc) is 2.57. The van der Waals surface area contributed by atoms with Gasteiger partial charge in [0.25, 0.3) is 0 Å². The highest BCUT2D eigenvalue weighted by Crippen LogP contribution is 2.09. The second kappa shape index (κ2) is 11.7. The Balaban J connectivity index is 2.20. The van der Waals surface area contributed by atoms with Crippen LogP contribution in [0.25, 0.3) is 0 Å². The van der Waals surface area contributed by atoms with Crippen LogP contribution in [0.2, 0.25) is 0 Å². The van der Waals surface area contributed by atoms with Gasteiger partial charge in [-0.2, -0.15) is 11.8 Å². The minimum absolute atomic E-state index is 0.193. The molecule has 152 valence electrons. The van der Waals surface area contributed by atoms with Gasteiger partial charge in [0.2, 0.25) is 0 Å². The Kier molecular flexibility index (Phi) is 9.98. The Bertz CT molecular complexity index is 577. The second-order valence-electron chi connectivity index (χ2n) is 6.73. The molecule has 9 heteroatoms. The van der Waals surface area contributed by atoms with Crippen molar-refractivity contribution in [2.45, 2.75) is 45.3 Å². The van der Waals surface area contributed by atoms with Crippen LogP contribution in [0, 0.1) is 0 Å². The maximum Gasteiger partial charge on any atom is 0.408 e. The fourth-order valence-corrected chi connectivity index (χ4v) is 2.79. The van der Waals surface area contributed by atoms with Crippen LogP contribution in [0.5, 0.6) is 0 Å². The van der Waals surface area contributed by atoms with E-state index in [0.29, 0.717) is 12.3 Å². The number of carbonyl (C=O) groups is 2. The molecular formula is C18H28N2O6S. The van der Waals surface area contributed by atoms with Gasteiger partial charge in [-0.1, -0.05) is 30.3 Å². The van der Waals surface area contributed by atoms with Crippen molar-refractivity contribution in [2.24, 2.45) is 0 Å². The highest BCUT2D eigenvalue weighted by Gasteiger charge is 2.23. The van der Waals surface area contributed by atoms with Crippen molar-refractivity contribution < 1.29 is 29.3 Å². The molecule has 0 spiro atoms. The van der Waals surface area contributed by atoms with E-state index in [2.05, 4.69) is 10.6 Å². The molecule has 27 heavy (non-hydrogen) atoms. The summed E-state index contributed by atoms with van der Waals surface area (Å²) in [5.74, 6) is 0.761. The van der Waals surface area contributed by atoms with Gasteiger partial charge < -0.3 is 30.3 Å². The third kappa shape index (κ3) is 11.4. The van der Waals surface area contributed by atoms with Crippen LogP contribution in [0.3, 0.4) is 0 Å². The van der Waals surface area contributed by atoms with Crippen LogP contribution >= 0.6 is 11.8 Å². The number of alkyl carbamates (subject to hydrolysis) is 2. The molecule has 0 aliphatic heterocycles. The Labute approximate surface area is 163 Å². The van der Waals surface area contributed by atoms with Gasteiger partial charge in [-0.05, 0) is 26.3 Å². The number of nitrogens with one attached hydrogen (secondary N) is 2. The first-order valence-electron chi connectivity index (χ1n) is 8.55. The summed E-state index contributed by atoms with van der Waals surface area (Å²) < 4.78 is 10.2. The molecule has 0 radical (unpaired) electrons. The molecule has 0 saturated carbocycles. The smallest absolute Gasteiger partial charge is 0.408 e. The molecule has 2 amide bonds. The highest BCUT2D eigenvalue weighted by atomic mass is 32.2. The Morgan fingerprint density at radius 3 is 2.41 bits per heavy atom. The van der Waals surface area contributed by atoms with Gasteiger partial charge >= 0.3 is 12.2 Å². The maximum atomic E-state index is 11.7. The average molecular weight is 400 g/mol. The van der Waals surface area contributed by atoms with Gasteiger partial charge in [-0.15, -0.1) is 0 Å². The molecule has 1 aromatic carbocycles. The van der Waals surface area contributed by atoms with Crippen molar-refractivity contribution in [3.63, 3.8) is 0 Å². The quantitative estimate of drug-likeness (QED) is 0.369. The minimum atomic E-state index is -1.71. The molecule has 0 saturated heterocycles. The molecule has 0 aromatic heterocycles. The summed E-state index contributed by atoms with van der Waals surface area (Å²) >= 11 is 1.35. The zero-order valence-electron chi connectivity index (χ0n) is 15.8. The second-order valence-corrected chi connectivity index (χ2v) is 7.88. The Hall–Kier alpha value is -1.97. The van der Waals surface area contributed by atoms with E-state index in [0.717, 1.165) is 5.56 Å². The third-order valence-corrected chi connectivity index (χ3v) is 4.18. The van der Waals surface area contributed by atoms with Crippen LogP contribution in [-0.4, -0.2) is 58.4 Å². The van der Waals surface area contributed by atoms with Crippen LogP contribution in [0.4, 0.5) is 9.59 Å². The van der Waals surface area contributed by atoms with Gasteiger partial charge in [0.15, 0.2) is 6.29 Å². The molecule has 0 bridgehead atoms. The lowest BCUT2D eigenvalue weighted by Gasteiger charge is -2.24. The van der Waals surface area contributed by atoms with E-state index in [-0.39, 0.29) is 12.4 Å². The zero-order chi connectivity index (χ0) is 20.3. The number of hydrogen-bond donors (Lipinski definition) is 4. The summed E-state index contributed by atoms with van der Waals surface area (Å²) in [5.41, 5.74) is 0.224. The predicted molar refractivity (Wildman–Crippen MR) is 103 cm³/mol. The lowest BCUT2D eigenvalue weighted by molar-refractivity contribution is -0.0626. The van der Waals surface area contributed by atoms with Crippen molar-refractivity contribution >= 4 is 23.9 Å². The molecule has 0 heterocycles. The molecule has 0 unspecified atom stereocenters. The van der Waals surface area contributed by atoms with Crippen molar-refractivity contribution in [3.05, 3.63) is 35.9 Å². The molecule has 8 nitrogen and oxygen atoms in total. The minimum Gasteiger partial charge on any atom is -0.445 e. The van der Waals surface area contributed by atoms with Crippen molar-refractivity contribution in [1.82, 2.24) is 10.6 Å². The Morgan fingerprint density at radius 2 is 1.81 bits per heavy atom. The fraction of sp³-hybridized carbons (Fsp3) is 0.556. The molecule has 0 aliphatic rings. The number of thioether (sulfide) groups is 1. The number of ether oxygens (including phenoxy) is 2. The van der Waals surface area contributed by atoms with Gasteiger partial charge in [-0.25, -0.2) is 9.59 Å². The number of amides is 2. The molecule has 1 rings (SSSR count). The van der Waals surface area contributed by atoms with E-state index in [1.165, 1.54) is 11.8 Å². The van der Waals surface area contributed by atoms with E-state index < -0.39 is 30.1 Å². The summed E-state index contributed by atoms with van der Waals surface area (Å²) in [6, 6.07) is 8.46. The lowest BCUT2D eigenvalue weighted by atomic mass is 10.2. The van der Waals surface area contributed by atoms with Crippen molar-refractivity contribution in [2.75, 3.05) is 18.1 Å². The summed E-state index contributed by atoms with van der Waals surface area (Å²) in [4.78, 5) is 23.3. The first-order chi connectivity index (χ1) is 12.7. The molecule has 4 N–H and O–H groups in total. The molecular weight excluding hydrogens is 372 g/mol. The number of aliphatic hydroxyl groups is 2. The van der Waals surface area contributed by atoms with Crippen LogP contribution < -0.4 is 10.6 Å². The standard InChI is InChI=1S/C18H28N2O6S/c1-18(2,3)26-17(24)20-14(15(21)22)12-27-10-9-19-16(23)25-11-13-7-5-4-6-8-13/h4-8,14-15,21-22H,9-12H2,1-3H3,(H,19,23)(H,20,24)/t14-/m0/s1. The van der Waals surface area contributed by atoms with Crippen molar-refractivity contribution in [1.29, 1.82) is 0 Å². The van der Waals surface area contributed by atoms with Gasteiger partial charge in [0, 0.05) is 18.1 Å². The Morgan fingerprint density at radius 1 is 1.15 bits per heavy atom. The van der Waals surface area contributed by atoms with E-state index in [4.69, 9.17) is 9.47 Å². The molecule has 1 aromatic rings. The van der Waals surface area contributed by atoms with Gasteiger partial charge in [-0.3, -0.25) is 0 Å². The van der Waals surface area contributed by atoms with Crippen molar-refractivity contribution in [3.8, 4) is 0 Å². The first-order valence-corrected chi connectivity index (χ1v) is 9.71. The molecule has 0 aliphatic carbocycles. The van der Waals surface area contributed by atoms with Crippen LogP contribution in [0.15, 0.2) is 30.3 Å². The van der Waals surface area contributed by atoms with Crippen LogP contribution in [-0.2, 0) is 16.1 Å². The highest BCUT2D eigenvalue weighted by molar-refractivity contribution is 7.99. The topological polar surface area (TPSA) is 117 Å². The van der Waals surface area contributed by atoms with Crippen LogP contribution in [0.1, 0.15) is 26.3 Å². The number of hydrogen-bond acceptors (Lipinski definition) is 7. The predicted octanol–water partition coefficient (Wildman–Crippen LogP) is 1.85. The number of rotatable bonds is 9. The van der Waals surface area contributed by atoms with E-state index in [1.54, 1.807) is 20.8 Å². The summed E-state index contributed by atoms with van der Waals surface area (Å²) in [7, 11) is 0. The largest absolute Gasteiger partial charge is 0.445 e. The van der Waals surface area contributed by atoms with E-state index in [1.807, 2.05) is 30.3 Å². The monoisotopic (exact) mass is 400 g/mol. The number of carbonyl (C=O) groups excluding carboxylic acids is 2. The van der Waals surface area contributed by atoms with Gasteiger partial charge in [0.05, 0.1) is 6.04 Å². The zero-order valence-corrected chi connectivity index (χ0v) is 16.6. The summed E-state index contributed by atoms with van der Waals surface area (Å²) in [6.45, 7) is 5.69. The fourth-order valence-electron chi connectivity index (χ4n) is 1.87. The third-order valence-electron chi connectivity index (χ3n) is 3.09. The van der Waals surface area contributed by atoms with E-state index in [9.17, 15) is 19.8 Å². The normalized spacial score (nSPS) is 12.4.